The van der Waals surface area contributed by atoms with E-state index in [4.69, 9.17) is 5.73 Å². The highest BCUT2D eigenvalue weighted by Crippen LogP contribution is 2.38. The molecule has 1 aromatic heterocycles. The number of thiophene rings is 1. The number of fused-ring (bicyclic) bond motifs is 1. The van der Waals surface area contributed by atoms with E-state index in [-0.39, 0.29) is 11.8 Å². The lowest BCUT2D eigenvalue weighted by molar-refractivity contribution is -0.117. The maximum Gasteiger partial charge on any atom is 0.225 e. The third-order valence-corrected chi connectivity index (χ3v) is 5.11. The first kappa shape index (κ1) is 16.0. The van der Waals surface area contributed by atoms with Gasteiger partial charge in [-0.2, -0.15) is 5.26 Å². The average Bonchev–Trinajstić information content (AvgIpc) is 2.97. The Morgan fingerprint density at radius 1 is 1.48 bits per heavy atom. The summed E-state index contributed by atoms with van der Waals surface area (Å²) in [5.41, 5.74) is 7.57. The number of aryl methyl sites for hydroxylation is 1. The number of nitriles is 1. The Hall–Kier alpha value is -1.38. The zero-order chi connectivity index (χ0) is 15.4. The van der Waals surface area contributed by atoms with Gasteiger partial charge in [-0.1, -0.05) is 13.8 Å². The molecule has 0 unspecified atom stereocenters. The minimum Gasteiger partial charge on any atom is -0.330 e. The summed E-state index contributed by atoms with van der Waals surface area (Å²) in [6.07, 6.45) is 4.50. The number of carbonyl (C=O) groups excluding carboxylic acids is 1. The highest BCUT2D eigenvalue weighted by molar-refractivity contribution is 7.16. The van der Waals surface area contributed by atoms with Crippen LogP contribution in [0.4, 0.5) is 5.00 Å². The summed E-state index contributed by atoms with van der Waals surface area (Å²) >= 11 is 1.56. The largest absolute Gasteiger partial charge is 0.330 e. The van der Waals surface area contributed by atoms with Gasteiger partial charge in [0.15, 0.2) is 0 Å². The summed E-state index contributed by atoms with van der Waals surface area (Å²) in [6.45, 7) is 4.80. The Balaban J connectivity index is 2.02. The lowest BCUT2D eigenvalue weighted by Gasteiger charge is -2.16. The summed E-state index contributed by atoms with van der Waals surface area (Å²) in [7, 11) is 0. The van der Waals surface area contributed by atoms with Crippen LogP contribution in [0.15, 0.2) is 0 Å². The van der Waals surface area contributed by atoms with Gasteiger partial charge in [0.25, 0.3) is 0 Å². The van der Waals surface area contributed by atoms with Crippen LogP contribution in [0, 0.1) is 23.2 Å². The molecule has 0 radical (unpaired) electrons. The van der Waals surface area contributed by atoms with E-state index < -0.39 is 0 Å². The summed E-state index contributed by atoms with van der Waals surface area (Å²) < 4.78 is 0. The van der Waals surface area contributed by atoms with Gasteiger partial charge in [-0.05, 0) is 49.6 Å². The van der Waals surface area contributed by atoms with E-state index in [0.29, 0.717) is 24.4 Å². The fraction of sp³-hybridized carbons (Fsp3) is 0.625. The minimum absolute atomic E-state index is 0.0254. The molecule has 0 saturated carbocycles. The molecule has 5 heteroatoms. The Labute approximate surface area is 130 Å². The highest BCUT2D eigenvalue weighted by atomic mass is 32.1. The van der Waals surface area contributed by atoms with Crippen LogP contribution >= 0.6 is 11.3 Å². The molecule has 1 atom stereocenters. The van der Waals surface area contributed by atoms with Crippen LogP contribution in [0.2, 0.25) is 0 Å². The average molecular weight is 305 g/mol. The van der Waals surface area contributed by atoms with E-state index in [1.165, 1.54) is 4.88 Å². The van der Waals surface area contributed by atoms with Crippen LogP contribution in [0.3, 0.4) is 0 Å². The molecule has 2 rings (SSSR count). The van der Waals surface area contributed by atoms with Crippen molar-refractivity contribution in [2.75, 3.05) is 11.9 Å². The van der Waals surface area contributed by atoms with Crippen molar-refractivity contribution in [1.82, 2.24) is 0 Å². The summed E-state index contributed by atoms with van der Waals surface area (Å²) in [6, 6.07) is 2.25. The maximum absolute atomic E-state index is 12.2. The number of amides is 1. The summed E-state index contributed by atoms with van der Waals surface area (Å²) in [4.78, 5) is 13.5. The molecule has 1 aromatic rings. The van der Waals surface area contributed by atoms with Crippen molar-refractivity contribution >= 4 is 22.2 Å². The molecule has 1 amide bonds. The molecule has 1 heterocycles. The predicted octanol–water partition coefficient (Wildman–Crippen LogP) is 3.06. The van der Waals surface area contributed by atoms with Gasteiger partial charge in [-0.25, -0.2) is 0 Å². The number of hydrogen-bond acceptors (Lipinski definition) is 4. The normalized spacial score (nSPS) is 14.8. The molecule has 3 N–H and O–H groups in total. The first-order valence-corrected chi connectivity index (χ1v) is 8.41. The quantitative estimate of drug-likeness (QED) is 0.847. The molecule has 1 aliphatic carbocycles. The minimum atomic E-state index is -0.0254. The predicted molar refractivity (Wildman–Crippen MR) is 86.3 cm³/mol. The van der Waals surface area contributed by atoms with E-state index in [9.17, 15) is 10.1 Å². The number of anilines is 1. The van der Waals surface area contributed by atoms with Gasteiger partial charge in [0.1, 0.15) is 11.1 Å². The Morgan fingerprint density at radius 3 is 2.86 bits per heavy atom. The summed E-state index contributed by atoms with van der Waals surface area (Å²) in [5.74, 6) is 0.719. The monoisotopic (exact) mass is 305 g/mol. The molecule has 0 saturated heterocycles. The van der Waals surface area contributed by atoms with E-state index in [2.05, 4.69) is 25.2 Å². The number of carbonyl (C=O) groups is 1. The third-order valence-electron chi connectivity index (χ3n) is 3.90. The van der Waals surface area contributed by atoms with E-state index >= 15 is 0 Å². The van der Waals surface area contributed by atoms with Gasteiger partial charge < -0.3 is 11.1 Å². The van der Waals surface area contributed by atoms with Crippen LogP contribution in [0.1, 0.15) is 49.1 Å². The Morgan fingerprint density at radius 2 is 2.24 bits per heavy atom. The third kappa shape index (κ3) is 3.84. The van der Waals surface area contributed by atoms with Gasteiger partial charge in [-0.15, -0.1) is 11.3 Å². The zero-order valence-corrected chi connectivity index (χ0v) is 13.6. The molecule has 114 valence electrons. The van der Waals surface area contributed by atoms with Gasteiger partial charge in [0.2, 0.25) is 5.91 Å². The molecule has 21 heavy (non-hydrogen) atoms. The molecular formula is C16H23N3OS. The lowest BCUT2D eigenvalue weighted by atomic mass is 9.94. The molecule has 0 fully saturated rings. The second kappa shape index (κ2) is 7.06. The number of nitrogens with one attached hydrogen (secondary N) is 1. The van der Waals surface area contributed by atoms with E-state index in [1.54, 1.807) is 11.3 Å². The van der Waals surface area contributed by atoms with E-state index in [1.807, 2.05) is 0 Å². The van der Waals surface area contributed by atoms with Crippen molar-refractivity contribution in [2.45, 2.75) is 46.0 Å². The van der Waals surface area contributed by atoms with Crippen molar-refractivity contribution in [1.29, 1.82) is 5.26 Å². The second-order valence-electron chi connectivity index (χ2n) is 6.16. The van der Waals surface area contributed by atoms with Gasteiger partial charge >= 0.3 is 0 Å². The first-order chi connectivity index (χ1) is 10.0. The van der Waals surface area contributed by atoms with Crippen LogP contribution in [-0.2, 0) is 17.6 Å². The van der Waals surface area contributed by atoms with Crippen LogP contribution in [0.5, 0.6) is 0 Å². The van der Waals surface area contributed by atoms with Gasteiger partial charge in [-0.3, -0.25) is 4.79 Å². The summed E-state index contributed by atoms with van der Waals surface area (Å²) in [5, 5.41) is 13.0. The fourth-order valence-electron chi connectivity index (χ4n) is 2.98. The molecule has 1 aliphatic rings. The number of hydrogen-bond donors (Lipinski definition) is 2. The SMILES string of the molecule is CC(C)C[C@H](CN)CC(=O)Nc1sc2c(c1C#N)CCC2. The molecule has 4 nitrogen and oxygen atoms in total. The van der Waals surface area contributed by atoms with Gasteiger partial charge in [0, 0.05) is 11.3 Å². The van der Waals surface area contributed by atoms with E-state index in [0.717, 1.165) is 36.2 Å². The van der Waals surface area contributed by atoms with Crippen LogP contribution < -0.4 is 11.1 Å². The molecule has 0 spiro atoms. The van der Waals surface area contributed by atoms with Gasteiger partial charge in [0.05, 0.1) is 5.56 Å². The molecular weight excluding hydrogens is 282 g/mol. The smallest absolute Gasteiger partial charge is 0.225 e. The van der Waals surface area contributed by atoms with Crippen molar-refractivity contribution < 1.29 is 4.79 Å². The standard InChI is InChI=1S/C16H23N3OS/c1-10(2)6-11(8-17)7-15(20)19-16-13(9-18)12-4-3-5-14(12)21-16/h10-11H,3-8,17H2,1-2H3,(H,19,20)/t11-/m0/s1. The highest BCUT2D eigenvalue weighted by Gasteiger charge is 2.23. The van der Waals surface area contributed by atoms with Crippen molar-refractivity contribution in [2.24, 2.45) is 17.6 Å². The second-order valence-corrected chi connectivity index (χ2v) is 7.26. The molecule has 0 aromatic carbocycles. The van der Waals surface area contributed by atoms with Crippen molar-refractivity contribution in [3.05, 3.63) is 16.0 Å². The number of rotatable bonds is 6. The first-order valence-electron chi connectivity index (χ1n) is 7.59. The Kier molecular flexibility index (Phi) is 5.38. The maximum atomic E-state index is 12.2. The van der Waals surface area contributed by atoms with Crippen LogP contribution in [0.25, 0.3) is 0 Å². The van der Waals surface area contributed by atoms with Crippen LogP contribution in [-0.4, -0.2) is 12.5 Å². The topological polar surface area (TPSA) is 78.9 Å². The Bertz CT molecular complexity index is 557. The number of nitrogens with zero attached hydrogens (tertiary/aromatic N) is 1. The molecule has 0 bridgehead atoms. The zero-order valence-electron chi connectivity index (χ0n) is 12.7. The lowest BCUT2D eigenvalue weighted by Crippen LogP contribution is -2.23. The van der Waals surface area contributed by atoms with Crippen molar-refractivity contribution in [3.8, 4) is 6.07 Å². The number of nitrogens with two attached hydrogens (primary N) is 1. The molecule has 0 aliphatic heterocycles. The van der Waals surface area contributed by atoms with Crippen molar-refractivity contribution in [3.63, 3.8) is 0 Å². The fourth-order valence-corrected chi connectivity index (χ4v) is 4.24.